The predicted molar refractivity (Wildman–Crippen MR) is 101 cm³/mol. The zero-order chi connectivity index (χ0) is 17.2. The van der Waals surface area contributed by atoms with Crippen molar-refractivity contribution in [1.29, 1.82) is 0 Å². The summed E-state index contributed by atoms with van der Waals surface area (Å²) in [6, 6.07) is 15.7. The second kappa shape index (κ2) is 6.63. The van der Waals surface area contributed by atoms with Crippen molar-refractivity contribution in [1.82, 2.24) is 0 Å². The van der Waals surface area contributed by atoms with Gasteiger partial charge in [-0.3, -0.25) is 4.79 Å². The smallest absolute Gasteiger partial charge is 0.291 e. The van der Waals surface area contributed by atoms with E-state index in [2.05, 4.69) is 16.3 Å². The summed E-state index contributed by atoms with van der Waals surface area (Å²) in [7, 11) is 0. The van der Waals surface area contributed by atoms with Gasteiger partial charge in [0.1, 0.15) is 5.58 Å². The van der Waals surface area contributed by atoms with Gasteiger partial charge in [-0.2, -0.15) is 0 Å². The number of furan rings is 1. The molecule has 4 heteroatoms. The van der Waals surface area contributed by atoms with Crippen molar-refractivity contribution < 1.29 is 9.21 Å². The lowest BCUT2D eigenvalue weighted by Gasteiger charge is -2.30. The monoisotopic (exact) mass is 334 g/mol. The van der Waals surface area contributed by atoms with Gasteiger partial charge >= 0.3 is 0 Å². The molecular weight excluding hydrogens is 312 g/mol. The highest BCUT2D eigenvalue weighted by Gasteiger charge is 2.20. The Labute approximate surface area is 147 Å². The van der Waals surface area contributed by atoms with Crippen LogP contribution in [0.2, 0.25) is 0 Å². The van der Waals surface area contributed by atoms with E-state index in [-0.39, 0.29) is 5.91 Å². The molecule has 0 spiro atoms. The quantitative estimate of drug-likeness (QED) is 0.734. The van der Waals surface area contributed by atoms with E-state index in [0.717, 1.165) is 41.0 Å². The number of nitrogens with zero attached hydrogens (tertiary/aromatic N) is 1. The summed E-state index contributed by atoms with van der Waals surface area (Å²) < 4.78 is 5.79. The van der Waals surface area contributed by atoms with Crippen molar-refractivity contribution in [2.45, 2.75) is 26.2 Å². The molecule has 4 rings (SSSR count). The number of fused-ring (bicyclic) bond motifs is 1. The maximum absolute atomic E-state index is 12.8. The molecule has 25 heavy (non-hydrogen) atoms. The van der Waals surface area contributed by atoms with Crippen molar-refractivity contribution in [3.8, 4) is 0 Å². The van der Waals surface area contributed by atoms with E-state index in [1.165, 1.54) is 19.3 Å². The number of hydrogen-bond acceptors (Lipinski definition) is 3. The molecule has 1 fully saturated rings. The van der Waals surface area contributed by atoms with E-state index < -0.39 is 0 Å². The maximum atomic E-state index is 12.8. The van der Waals surface area contributed by atoms with Gasteiger partial charge in [-0.1, -0.05) is 30.3 Å². The fraction of sp³-hybridized carbons (Fsp3) is 0.286. The van der Waals surface area contributed by atoms with E-state index in [0.29, 0.717) is 5.76 Å². The molecule has 2 heterocycles. The number of carbonyl (C=O) groups is 1. The van der Waals surface area contributed by atoms with E-state index in [4.69, 9.17) is 4.42 Å². The van der Waals surface area contributed by atoms with Gasteiger partial charge < -0.3 is 14.6 Å². The average Bonchev–Trinajstić information content (AvgIpc) is 3.00. The number of amides is 1. The maximum Gasteiger partial charge on any atom is 0.291 e. The third kappa shape index (κ3) is 3.00. The number of anilines is 2. The number of benzene rings is 2. The second-order valence-corrected chi connectivity index (χ2v) is 6.57. The Balaban J connectivity index is 1.63. The zero-order valence-corrected chi connectivity index (χ0v) is 14.4. The molecule has 0 radical (unpaired) electrons. The van der Waals surface area contributed by atoms with E-state index in [1.807, 2.05) is 49.4 Å². The van der Waals surface area contributed by atoms with Crippen LogP contribution in [0.25, 0.3) is 11.0 Å². The Morgan fingerprint density at radius 1 is 1.00 bits per heavy atom. The van der Waals surface area contributed by atoms with Gasteiger partial charge in [-0.15, -0.1) is 0 Å². The summed E-state index contributed by atoms with van der Waals surface area (Å²) in [5.41, 5.74) is 3.55. The molecule has 128 valence electrons. The van der Waals surface area contributed by atoms with Crippen LogP contribution in [0.5, 0.6) is 0 Å². The molecule has 1 N–H and O–H groups in total. The highest BCUT2D eigenvalue weighted by molar-refractivity contribution is 6.07. The number of hydrogen-bond donors (Lipinski definition) is 1. The minimum Gasteiger partial charge on any atom is -0.451 e. The Kier molecular flexibility index (Phi) is 4.18. The molecule has 0 unspecified atom stereocenters. The lowest BCUT2D eigenvalue weighted by Crippen LogP contribution is -2.30. The third-order valence-corrected chi connectivity index (χ3v) is 4.90. The summed E-state index contributed by atoms with van der Waals surface area (Å²) in [4.78, 5) is 15.2. The van der Waals surface area contributed by atoms with E-state index in [9.17, 15) is 4.79 Å². The fourth-order valence-corrected chi connectivity index (χ4v) is 3.56. The van der Waals surface area contributed by atoms with Crippen LogP contribution in [0.15, 0.2) is 52.9 Å². The Hall–Kier alpha value is -2.75. The first-order valence-electron chi connectivity index (χ1n) is 8.87. The van der Waals surface area contributed by atoms with E-state index >= 15 is 0 Å². The van der Waals surface area contributed by atoms with Gasteiger partial charge in [0.15, 0.2) is 5.76 Å². The first-order chi connectivity index (χ1) is 12.2. The predicted octanol–water partition coefficient (Wildman–Crippen LogP) is 4.98. The van der Waals surface area contributed by atoms with Crippen molar-refractivity contribution in [3.63, 3.8) is 0 Å². The van der Waals surface area contributed by atoms with Crippen LogP contribution < -0.4 is 10.2 Å². The third-order valence-electron chi connectivity index (χ3n) is 4.90. The highest BCUT2D eigenvalue weighted by Crippen LogP contribution is 2.30. The molecular formula is C21H22N2O2. The first kappa shape index (κ1) is 15.8. The van der Waals surface area contributed by atoms with Crippen LogP contribution >= 0.6 is 0 Å². The Morgan fingerprint density at radius 2 is 1.72 bits per heavy atom. The van der Waals surface area contributed by atoms with Crippen molar-refractivity contribution in [2.75, 3.05) is 23.3 Å². The molecule has 0 atom stereocenters. The molecule has 0 bridgehead atoms. The van der Waals surface area contributed by atoms with Gasteiger partial charge in [-0.05, 0) is 44.4 Å². The molecule has 0 aliphatic carbocycles. The van der Waals surface area contributed by atoms with Crippen LogP contribution in [0.1, 0.15) is 35.4 Å². The van der Waals surface area contributed by atoms with Gasteiger partial charge in [0.2, 0.25) is 0 Å². The average molecular weight is 334 g/mol. The second-order valence-electron chi connectivity index (χ2n) is 6.57. The van der Waals surface area contributed by atoms with Gasteiger partial charge in [0, 0.05) is 24.0 Å². The molecule has 1 aliphatic heterocycles. The van der Waals surface area contributed by atoms with Crippen LogP contribution in [-0.2, 0) is 0 Å². The zero-order valence-electron chi connectivity index (χ0n) is 14.4. The summed E-state index contributed by atoms with van der Waals surface area (Å²) in [5, 5.41) is 4.03. The lowest BCUT2D eigenvalue weighted by atomic mass is 10.1. The minimum atomic E-state index is -0.196. The molecule has 4 nitrogen and oxygen atoms in total. The van der Waals surface area contributed by atoms with Gasteiger partial charge in [-0.25, -0.2) is 0 Å². The SMILES string of the molecule is Cc1c(C(=O)Nc2ccccc2N2CCCCC2)oc2ccccc12. The van der Waals surface area contributed by atoms with Crippen molar-refractivity contribution in [2.24, 2.45) is 0 Å². The minimum absolute atomic E-state index is 0.196. The Morgan fingerprint density at radius 3 is 2.52 bits per heavy atom. The van der Waals surface area contributed by atoms with Crippen LogP contribution in [0, 0.1) is 6.92 Å². The number of carbonyl (C=O) groups excluding carboxylic acids is 1. The lowest BCUT2D eigenvalue weighted by molar-refractivity contribution is 0.0998. The largest absolute Gasteiger partial charge is 0.451 e. The summed E-state index contributed by atoms with van der Waals surface area (Å²) in [6.07, 6.45) is 3.68. The molecule has 1 aromatic heterocycles. The number of aryl methyl sites for hydroxylation is 1. The standard InChI is InChI=1S/C21H22N2O2/c1-15-16-9-3-6-12-19(16)25-20(15)21(24)22-17-10-4-5-11-18(17)23-13-7-2-8-14-23/h3-6,9-12H,2,7-8,13-14H2,1H3,(H,22,24). The molecule has 3 aromatic rings. The van der Waals surface area contributed by atoms with Crippen LogP contribution in [-0.4, -0.2) is 19.0 Å². The number of para-hydroxylation sites is 3. The molecule has 1 amide bonds. The summed E-state index contributed by atoms with van der Waals surface area (Å²) in [6.45, 7) is 4.00. The van der Waals surface area contributed by atoms with Crippen LogP contribution in [0.4, 0.5) is 11.4 Å². The molecule has 1 saturated heterocycles. The van der Waals surface area contributed by atoms with Crippen molar-refractivity contribution >= 4 is 28.3 Å². The normalized spacial score (nSPS) is 14.7. The number of rotatable bonds is 3. The fourth-order valence-electron chi connectivity index (χ4n) is 3.56. The van der Waals surface area contributed by atoms with Crippen molar-refractivity contribution in [3.05, 3.63) is 59.9 Å². The molecule has 0 saturated carbocycles. The van der Waals surface area contributed by atoms with Crippen LogP contribution in [0.3, 0.4) is 0 Å². The topological polar surface area (TPSA) is 45.5 Å². The Bertz CT molecular complexity index is 907. The molecule has 1 aliphatic rings. The summed E-state index contributed by atoms with van der Waals surface area (Å²) >= 11 is 0. The highest BCUT2D eigenvalue weighted by atomic mass is 16.3. The molecule has 2 aromatic carbocycles. The van der Waals surface area contributed by atoms with Gasteiger partial charge in [0.05, 0.1) is 11.4 Å². The van der Waals surface area contributed by atoms with E-state index in [1.54, 1.807) is 0 Å². The number of piperidine rings is 1. The van der Waals surface area contributed by atoms with Gasteiger partial charge in [0.25, 0.3) is 5.91 Å². The number of nitrogens with one attached hydrogen (secondary N) is 1. The summed E-state index contributed by atoms with van der Waals surface area (Å²) in [5.74, 6) is 0.188. The first-order valence-corrected chi connectivity index (χ1v) is 8.87.